The van der Waals surface area contributed by atoms with Gasteiger partial charge in [-0.15, -0.1) is 11.3 Å². The fourth-order valence-corrected chi connectivity index (χ4v) is 5.63. The average Bonchev–Trinajstić information content (AvgIpc) is 3.15. The van der Waals surface area contributed by atoms with Crippen molar-refractivity contribution in [2.45, 2.75) is 63.7 Å². The highest BCUT2D eigenvalue weighted by Gasteiger charge is 2.46. The number of hydrogen-bond donors (Lipinski definition) is 1. The summed E-state index contributed by atoms with van der Waals surface area (Å²) in [5.41, 5.74) is 4.88. The number of nitrogens with zero attached hydrogens (tertiary/aromatic N) is 1. The second-order valence-corrected chi connectivity index (χ2v) is 8.18. The smallest absolute Gasteiger partial charge is 0.161 e. The SMILES string of the molecule is CC[C@@]1(c2ccccc2)C2=C(CCCCCCCC2=O)Nc2ncsc21. The van der Waals surface area contributed by atoms with E-state index >= 15 is 0 Å². The van der Waals surface area contributed by atoms with Gasteiger partial charge in [-0.05, 0) is 31.2 Å². The molecule has 0 bridgehead atoms. The van der Waals surface area contributed by atoms with Crippen molar-refractivity contribution in [2.24, 2.45) is 0 Å². The first-order valence-corrected chi connectivity index (χ1v) is 10.7. The van der Waals surface area contributed by atoms with Crippen LogP contribution < -0.4 is 5.32 Å². The molecule has 0 saturated carbocycles. The molecular formula is C22H26N2OS. The molecule has 2 aliphatic rings. The van der Waals surface area contributed by atoms with Gasteiger partial charge in [0.2, 0.25) is 0 Å². The monoisotopic (exact) mass is 366 g/mol. The highest BCUT2D eigenvalue weighted by Crippen LogP contribution is 2.52. The molecule has 0 fully saturated rings. The molecule has 2 aromatic rings. The lowest BCUT2D eigenvalue weighted by atomic mass is 9.66. The maximum absolute atomic E-state index is 13.4. The molecule has 0 spiro atoms. The number of anilines is 1. The molecule has 1 atom stereocenters. The summed E-state index contributed by atoms with van der Waals surface area (Å²) in [5.74, 6) is 1.27. The number of carbonyl (C=O) groups excluding carboxylic acids is 1. The van der Waals surface area contributed by atoms with E-state index in [1.54, 1.807) is 11.3 Å². The Morgan fingerprint density at radius 2 is 1.81 bits per heavy atom. The minimum Gasteiger partial charge on any atom is -0.342 e. The van der Waals surface area contributed by atoms with Gasteiger partial charge in [0.05, 0.1) is 15.8 Å². The largest absolute Gasteiger partial charge is 0.342 e. The zero-order valence-electron chi connectivity index (χ0n) is 15.4. The van der Waals surface area contributed by atoms with E-state index in [0.29, 0.717) is 12.2 Å². The van der Waals surface area contributed by atoms with E-state index < -0.39 is 0 Å². The van der Waals surface area contributed by atoms with E-state index in [4.69, 9.17) is 0 Å². The highest BCUT2D eigenvalue weighted by molar-refractivity contribution is 7.10. The molecule has 136 valence electrons. The number of fused-ring (bicyclic) bond motifs is 1. The van der Waals surface area contributed by atoms with Crippen molar-refractivity contribution >= 4 is 22.9 Å². The predicted molar refractivity (Wildman–Crippen MR) is 108 cm³/mol. The Balaban J connectivity index is 1.95. The standard InChI is InChI=1S/C22H26N2OS/c1-2-22(16-11-7-6-8-12-16)19-17(24-21-20(22)26-15-23-21)13-9-4-3-5-10-14-18(19)25/h6-8,11-12,15,24H,2-5,9-10,13-14H2,1H3/t22-/m1/s1. The van der Waals surface area contributed by atoms with Gasteiger partial charge in [0.1, 0.15) is 5.82 Å². The number of Topliss-reactive ketones (excluding diaryl/α,β-unsaturated/α-hetero) is 1. The van der Waals surface area contributed by atoms with Crippen LogP contribution in [0.3, 0.4) is 0 Å². The third-order valence-corrected chi connectivity index (χ3v) is 6.85. The van der Waals surface area contributed by atoms with Crippen molar-refractivity contribution in [2.75, 3.05) is 5.32 Å². The molecule has 0 unspecified atom stereocenters. The number of allylic oxidation sites excluding steroid dienone is 2. The number of benzene rings is 1. The zero-order chi connectivity index (χ0) is 18.0. The number of ketones is 1. The maximum atomic E-state index is 13.4. The van der Waals surface area contributed by atoms with Crippen molar-refractivity contribution in [3.8, 4) is 0 Å². The molecule has 4 rings (SSSR count). The number of hydrogen-bond acceptors (Lipinski definition) is 4. The van der Waals surface area contributed by atoms with Gasteiger partial charge >= 0.3 is 0 Å². The van der Waals surface area contributed by atoms with Crippen LogP contribution in [0.25, 0.3) is 0 Å². The normalized spacial score (nSPS) is 23.8. The first kappa shape index (κ1) is 17.5. The summed E-state index contributed by atoms with van der Waals surface area (Å²) in [6, 6.07) is 10.6. The molecule has 1 aromatic heterocycles. The van der Waals surface area contributed by atoms with Gasteiger partial charge in [-0.1, -0.05) is 56.5 Å². The predicted octanol–water partition coefficient (Wildman–Crippen LogP) is 5.83. The van der Waals surface area contributed by atoms with Gasteiger partial charge in [0.15, 0.2) is 5.78 Å². The molecular weight excluding hydrogens is 340 g/mol. The van der Waals surface area contributed by atoms with Crippen molar-refractivity contribution in [3.63, 3.8) is 0 Å². The second-order valence-electron chi connectivity index (χ2n) is 7.32. The Labute approximate surface area is 159 Å². The van der Waals surface area contributed by atoms with Crippen LogP contribution in [0.1, 0.15) is 68.7 Å². The van der Waals surface area contributed by atoms with E-state index in [-0.39, 0.29) is 5.41 Å². The van der Waals surface area contributed by atoms with E-state index in [2.05, 4.69) is 41.5 Å². The number of thiazole rings is 1. The molecule has 0 radical (unpaired) electrons. The molecule has 1 aromatic carbocycles. The van der Waals surface area contributed by atoms with E-state index in [1.807, 2.05) is 11.6 Å². The lowest BCUT2D eigenvalue weighted by molar-refractivity contribution is -0.116. The minimum atomic E-state index is -0.366. The van der Waals surface area contributed by atoms with Gasteiger partial charge < -0.3 is 5.32 Å². The van der Waals surface area contributed by atoms with E-state index in [9.17, 15) is 4.79 Å². The molecule has 0 amide bonds. The average molecular weight is 367 g/mol. The van der Waals surface area contributed by atoms with Crippen LogP contribution in [-0.2, 0) is 10.2 Å². The fourth-order valence-electron chi connectivity index (χ4n) is 4.59. The van der Waals surface area contributed by atoms with Crippen molar-refractivity contribution in [1.82, 2.24) is 4.98 Å². The maximum Gasteiger partial charge on any atom is 0.161 e. The van der Waals surface area contributed by atoms with Crippen molar-refractivity contribution < 1.29 is 4.79 Å². The Morgan fingerprint density at radius 1 is 1.08 bits per heavy atom. The summed E-state index contributed by atoms with van der Waals surface area (Å²) in [7, 11) is 0. The van der Waals surface area contributed by atoms with Gasteiger partial charge in [0, 0.05) is 17.7 Å². The summed E-state index contributed by atoms with van der Waals surface area (Å²) >= 11 is 1.67. The van der Waals surface area contributed by atoms with E-state index in [1.165, 1.54) is 23.3 Å². The first-order chi connectivity index (χ1) is 12.8. The Bertz CT molecular complexity index is 824. The van der Waals surface area contributed by atoms with Crippen LogP contribution in [-0.4, -0.2) is 10.8 Å². The number of carbonyl (C=O) groups is 1. The lowest BCUT2D eigenvalue weighted by Crippen LogP contribution is -2.38. The number of aromatic nitrogens is 1. The zero-order valence-corrected chi connectivity index (χ0v) is 16.2. The molecule has 1 aliphatic carbocycles. The molecule has 26 heavy (non-hydrogen) atoms. The fraction of sp³-hybridized carbons (Fsp3) is 0.455. The summed E-state index contributed by atoms with van der Waals surface area (Å²) in [6.07, 6.45) is 8.23. The van der Waals surface area contributed by atoms with Crippen molar-refractivity contribution in [1.29, 1.82) is 0 Å². The Kier molecular flexibility index (Phi) is 4.94. The molecule has 1 N–H and O–H groups in total. The van der Waals surface area contributed by atoms with Crippen LogP contribution in [0, 0.1) is 0 Å². The first-order valence-electron chi connectivity index (χ1n) is 9.80. The van der Waals surface area contributed by atoms with Gasteiger partial charge in [0.25, 0.3) is 0 Å². The van der Waals surface area contributed by atoms with Crippen LogP contribution in [0.15, 0.2) is 47.1 Å². The summed E-state index contributed by atoms with van der Waals surface area (Å²) in [6.45, 7) is 2.21. The molecule has 0 saturated heterocycles. The molecule has 3 nitrogen and oxygen atoms in total. The van der Waals surface area contributed by atoms with Gasteiger partial charge in [-0.3, -0.25) is 4.79 Å². The number of nitrogens with one attached hydrogen (secondary N) is 1. The third-order valence-electron chi connectivity index (χ3n) is 5.86. The second kappa shape index (κ2) is 7.36. The van der Waals surface area contributed by atoms with Gasteiger partial charge in [-0.25, -0.2) is 4.98 Å². The third kappa shape index (κ3) is 2.81. The minimum absolute atomic E-state index is 0.319. The highest BCUT2D eigenvalue weighted by atomic mass is 32.1. The lowest BCUT2D eigenvalue weighted by Gasteiger charge is -2.40. The van der Waals surface area contributed by atoms with E-state index in [0.717, 1.165) is 49.2 Å². The van der Waals surface area contributed by atoms with Crippen LogP contribution in [0.5, 0.6) is 0 Å². The van der Waals surface area contributed by atoms with Crippen LogP contribution >= 0.6 is 11.3 Å². The van der Waals surface area contributed by atoms with Crippen molar-refractivity contribution in [3.05, 3.63) is 57.6 Å². The van der Waals surface area contributed by atoms with Crippen LogP contribution in [0.2, 0.25) is 0 Å². The molecule has 1 aliphatic heterocycles. The van der Waals surface area contributed by atoms with Crippen LogP contribution in [0.4, 0.5) is 5.82 Å². The topological polar surface area (TPSA) is 42.0 Å². The Hall–Kier alpha value is -1.94. The Morgan fingerprint density at radius 3 is 2.58 bits per heavy atom. The number of rotatable bonds is 2. The summed E-state index contributed by atoms with van der Waals surface area (Å²) < 4.78 is 0. The summed E-state index contributed by atoms with van der Waals surface area (Å²) in [5, 5.41) is 3.54. The summed E-state index contributed by atoms with van der Waals surface area (Å²) in [4.78, 5) is 19.2. The molecule has 2 heterocycles. The quantitative estimate of drug-likeness (QED) is 0.727. The van der Waals surface area contributed by atoms with Gasteiger partial charge in [-0.2, -0.15) is 0 Å². The molecule has 4 heteroatoms.